The molecule has 0 saturated carbocycles. The standard InChI is InChI=1S/C22H17N5O2/c1-26-18-9-5-3-7-14(18)24-20(26)16-11-13(22(28)29)12-17(23-16)21-25-15-8-4-6-10-19(15)27(21)2/h3-12H,1-2H3,(H,28,29)/p-1. The summed E-state index contributed by atoms with van der Waals surface area (Å²) in [6.07, 6.45) is 0. The predicted octanol–water partition coefficient (Wildman–Crippen LogP) is 2.55. The summed E-state index contributed by atoms with van der Waals surface area (Å²) < 4.78 is 3.80. The molecule has 3 heterocycles. The zero-order valence-corrected chi connectivity index (χ0v) is 15.8. The number of carbonyl (C=O) groups excluding carboxylic acids is 1. The third-order valence-corrected chi connectivity index (χ3v) is 5.09. The molecule has 0 aliphatic heterocycles. The maximum atomic E-state index is 11.7. The van der Waals surface area contributed by atoms with Crippen molar-refractivity contribution in [1.29, 1.82) is 0 Å². The van der Waals surface area contributed by atoms with Gasteiger partial charge in [-0.15, -0.1) is 0 Å². The lowest BCUT2D eigenvalue weighted by atomic mass is 10.1. The van der Waals surface area contributed by atoms with E-state index in [0.29, 0.717) is 23.0 Å². The number of benzene rings is 2. The summed E-state index contributed by atoms with van der Waals surface area (Å²) in [4.78, 5) is 25.7. The molecule has 0 amide bonds. The van der Waals surface area contributed by atoms with Crippen LogP contribution in [-0.4, -0.2) is 30.1 Å². The van der Waals surface area contributed by atoms with Gasteiger partial charge >= 0.3 is 0 Å². The molecule has 29 heavy (non-hydrogen) atoms. The first-order chi connectivity index (χ1) is 14.0. The minimum Gasteiger partial charge on any atom is -0.545 e. The molecule has 0 aliphatic carbocycles. The first-order valence-corrected chi connectivity index (χ1v) is 9.10. The third-order valence-electron chi connectivity index (χ3n) is 5.09. The molecule has 0 N–H and O–H groups in total. The predicted molar refractivity (Wildman–Crippen MR) is 108 cm³/mol. The highest BCUT2D eigenvalue weighted by Crippen LogP contribution is 2.28. The number of carboxylic acid groups (broad SMARTS) is 1. The van der Waals surface area contributed by atoms with Gasteiger partial charge in [0.15, 0.2) is 11.6 Å². The molecule has 0 fully saturated rings. The van der Waals surface area contributed by atoms with Crippen LogP contribution in [0.4, 0.5) is 0 Å². The monoisotopic (exact) mass is 382 g/mol. The van der Waals surface area contributed by atoms with Gasteiger partial charge < -0.3 is 19.0 Å². The number of nitrogens with zero attached hydrogens (tertiary/aromatic N) is 5. The number of imidazole rings is 2. The minimum absolute atomic E-state index is 0.0316. The second kappa shape index (κ2) is 6.27. The van der Waals surface area contributed by atoms with Crippen molar-refractivity contribution >= 4 is 28.0 Å². The number of carboxylic acids is 1. The van der Waals surface area contributed by atoms with E-state index < -0.39 is 5.97 Å². The number of aryl methyl sites for hydroxylation is 2. The van der Waals surface area contributed by atoms with E-state index in [4.69, 9.17) is 4.98 Å². The molecule has 142 valence electrons. The summed E-state index contributed by atoms with van der Waals surface area (Å²) in [7, 11) is 3.76. The van der Waals surface area contributed by atoms with Crippen molar-refractivity contribution < 1.29 is 9.90 Å². The Balaban J connectivity index is 1.77. The van der Waals surface area contributed by atoms with Gasteiger partial charge in [-0.3, -0.25) is 0 Å². The molecule has 0 saturated heterocycles. The van der Waals surface area contributed by atoms with Crippen molar-refractivity contribution in [2.24, 2.45) is 14.1 Å². The van der Waals surface area contributed by atoms with Crippen LogP contribution < -0.4 is 5.11 Å². The Labute approximate surface area is 165 Å². The van der Waals surface area contributed by atoms with Gasteiger partial charge in [0.2, 0.25) is 0 Å². The van der Waals surface area contributed by atoms with Crippen LogP contribution >= 0.6 is 0 Å². The minimum atomic E-state index is -1.27. The summed E-state index contributed by atoms with van der Waals surface area (Å²) in [6, 6.07) is 18.4. The SMILES string of the molecule is Cn1c(-c2cc(C(=O)[O-])cc(-c3nc4ccccc4n3C)n2)nc2ccccc21. The van der Waals surface area contributed by atoms with Gasteiger partial charge in [0, 0.05) is 19.7 Å². The molecule has 3 aromatic heterocycles. The highest BCUT2D eigenvalue weighted by molar-refractivity contribution is 5.90. The second-order valence-electron chi connectivity index (χ2n) is 6.88. The fourth-order valence-electron chi connectivity index (χ4n) is 3.63. The van der Waals surface area contributed by atoms with Crippen LogP contribution in [0.25, 0.3) is 45.1 Å². The maximum absolute atomic E-state index is 11.7. The van der Waals surface area contributed by atoms with E-state index in [0.717, 1.165) is 22.1 Å². The van der Waals surface area contributed by atoms with E-state index in [9.17, 15) is 9.90 Å². The number of aromatic carboxylic acids is 1. The van der Waals surface area contributed by atoms with E-state index in [1.165, 1.54) is 12.1 Å². The van der Waals surface area contributed by atoms with Crippen molar-refractivity contribution in [3.63, 3.8) is 0 Å². The summed E-state index contributed by atoms with van der Waals surface area (Å²) in [6.45, 7) is 0. The molecular formula is C22H16N5O2-. The molecule has 0 atom stereocenters. The Kier molecular flexibility index (Phi) is 3.70. The molecule has 5 rings (SSSR count). The van der Waals surface area contributed by atoms with Crippen molar-refractivity contribution in [3.05, 3.63) is 66.2 Å². The zero-order valence-electron chi connectivity index (χ0n) is 15.8. The Bertz CT molecular complexity index is 1320. The Morgan fingerprint density at radius 3 is 1.62 bits per heavy atom. The van der Waals surface area contributed by atoms with Gasteiger partial charge in [-0.05, 0) is 36.4 Å². The smallest absolute Gasteiger partial charge is 0.159 e. The first kappa shape index (κ1) is 17.1. The average Bonchev–Trinajstić information content (AvgIpc) is 3.26. The molecule has 0 bridgehead atoms. The van der Waals surface area contributed by atoms with Gasteiger partial charge in [-0.1, -0.05) is 24.3 Å². The lowest BCUT2D eigenvalue weighted by molar-refractivity contribution is -0.255. The Hall–Kier alpha value is -4.00. The van der Waals surface area contributed by atoms with E-state index in [-0.39, 0.29) is 5.56 Å². The molecule has 5 aromatic rings. The molecule has 2 aromatic carbocycles. The van der Waals surface area contributed by atoms with Crippen LogP contribution in [0.2, 0.25) is 0 Å². The Morgan fingerprint density at radius 1 is 0.759 bits per heavy atom. The molecule has 7 nitrogen and oxygen atoms in total. The van der Waals surface area contributed by atoms with E-state index in [1.807, 2.05) is 71.8 Å². The Morgan fingerprint density at radius 2 is 1.21 bits per heavy atom. The fourth-order valence-corrected chi connectivity index (χ4v) is 3.63. The van der Waals surface area contributed by atoms with Gasteiger partial charge in [-0.25, -0.2) is 15.0 Å². The third kappa shape index (κ3) is 2.67. The zero-order chi connectivity index (χ0) is 20.1. The number of rotatable bonds is 3. The summed E-state index contributed by atoms with van der Waals surface area (Å²) in [5, 5.41) is 11.7. The van der Waals surface area contributed by atoms with Crippen LogP contribution in [0, 0.1) is 0 Å². The number of carbonyl (C=O) groups is 1. The molecule has 0 aliphatic rings. The summed E-state index contributed by atoms with van der Waals surface area (Å²) in [5.41, 5.74) is 4.44. The highest BCUT2D eigenvalue weighted by atomic mass is 16.4. The average molecular weight is 382 g/mol. The number of hydrogen-bond acceptors (Lipinski definition) is 5. The van der Waals surface area contributed by atoms with Crippen LogP contribution in [0.3, 0.4) is 0 Å². The molecule has 0 unspecified atom stereocenters. The summed E-state index contributed by atoms with van der Waals surface area (Å²) in [5.74, 6) is -0.115. The molecule has 0 spiro atoms. The van der Waals surface area contributed by atoms with Gasteiger partial charge in [-0.2, -0.15) is 0 Å². The molecular weight excluding hydrogens is 366 g/mol. The van der Waals surface area contributed by atoms with E-state index in [2.05, 4.69) is 9.97 Å². The van der Waals surface area contributed by atoms with Gasteiger partial charge in [0.1, 0.15) is 11.4 Å². The number of hydrogen-bond donors (Lipinski definition) is 0. The second-order valence-corrected chi connectivity index (χ2v) is 6.88. The molecule has 7 heteroatoms. The number of pyridine rings is 1. The topological polar surface area (TPSA) is 88.7 Å². The van der Waals surface area contributed by atoms with E-state index >= 15 is 0 Å². The largest absolute Gasteiger partial charge is 0.545 e. The maximum Gasteiger partial charge on any atom is 0.159 e. The normalized spacial score (nSPS) is 11.4. The fraction of sp³-hybridized carbons (Fsp3) is 0.0909. The number of aromatic nitrogens is 5. The van der Waals surface area contributed by atoms with Crippen LogP contribution in [0.15, 0.2) is 60.7 Å². The highest BCUT2D eigenvalue weighted by Gasteiger charge is 2.17. The number of para-hydroxylation sites is 4. The molecule has 0 radical (unpaired) electrons. The van der Waals surface area contributed by atoms with Crippen molar-refractivity contribution in [2.45, 2.75) is 0 Å². The van der Waals surface area contributed by atoms with Crippen molar-refractivity contribution in [3.8, 4) is 23.0 Å². The lowest BCUT2D eigenvalue weighted by Crippen LogP contribution is -2.22. The van der Waals surface area contributed by atoms with Crippen LogP contribution in [0.5, 0.6) is 0 Å². The van der Waals surface area contributed by atoms with Crippen LogP contribution in [0.1, 0.15) is 10.4 Å². The van der Waals surface area contributed by atoms with Gasteiger partial charge in [0.05, 0.1) is 28.0 Å². The van der Waals surface area contributed by atoms with E-state index in [1.54, 1.807) is 0 Å². The summed E-state index contributed by atoms with van der Waals surface area (Å²) >= 11 is 0. The van der Waals surface area contributed by atoms with Crippen molar-refractivity contribution in [2.75, 3.05) is 0 Å². The quantitative estimate of drug-likeness (QED) is 0.478. The lowest BCUT2D eigenvalue weighted by Gasteiger charge is -2.10. The first-order valence-electron chi connectivity index (χ1n) is 9.10. The van der Waals surface area contributed by atoms with Crippen LogP contribution in [-0.2, 0) is 14.1 Å². The van der Waals surface area contributed by atoms with Gasteiger partial charge in [0.25, 0.3) is 0 Å². The number of fused-ring (bicyclic) bond motifs is 2. The van der Waals surface area contributed by atoms with Crippen molar-refractivity contribution in [1.82, 2.24) is 24.1 Å².